The number of amides is 2. The number of ether oxygens (including phenoxy) is 1. The molecule has 2 amide bonds. The molecule has 0 atom stereocenters. The van der Waals surface area contributed by atoms with Gasteiger partial charge in [-0.3, -0.25) is 4.79 Å². The Kier molecular flexibility index (Phi) is 6.42. The summed E-state index contributed by atoms with van der Waals surface area (Å²) < 4.78 is 5.42. The number of piperidine rings is 1. The minimum absolute atomic E-state index is 0.0140. The van der Waals surface area contributed by atoms with E-state index in [1.54, 1.807) is 9.80 Å². The Hall–Kier alpha value is -2.08. The Morgan fingerprint density at radius 3 is 2.32 bits per heavy atom. The Bertz CT molecular complexity index is 575. The second kappa shape index (κ2) is 8.34. The molecular weight excluding hydrogens is 320 g/mol. The monoisotopic (exact) mass is 348 g/mol. The van der Waals surface area contributed by atoms with Gasteiger partial charge in [0.25, 0.3) is 0 Å². The van der Waals surface area contributed by atoms with Crippen molar-refractivity contribution < 1.29 is 19.4 Å². The van der Waals surface area contributed by atoms with E-state index in [1.165, 1.54) is 0 Å². The summed E-state index contributed by atoms with van der Waals surface area (Å²) in [6, 6.07) is 9.50. The number of carbonyl (C=O) groups excluding carboxylic acids is 2. The van der Waals surface area contributed by atoms with Gasteiger partial charge in [0.15, 0.2) is 0 Å². The van der Waals surface area contributed by atoms with Crippen LogP contribution in [0.5, 0.6) is 0 Å². The molecule has 0 bridgehead atoms. The molecule has 25 heavy (non-hydrogen) atoms. The van der Waals surface area contributed by atoms with Gasteiger partial charge in [-0.25, -0.2) is 4.79 Å². The minimum atomic E-state index is -0.513. The van der Waals surface area contributed by atoms with E-state index in [-0.39, 0.29) is 31.1 Å². The third-order valence-corrected chi connectivity index (χ3v) is 4.11. The Labute approximate surface area is 149 Å². The smallest absolute Gasteiger partial charge is 0.410 e. The van der Waals surface area contributed by atoms with Gasteiger partial charge >= 0.3 is 6.09 Å². The molecule has 1 N–H and O–H groups in total. The van der Waals surface area contributed by atoms with E-state index in [0.717, 1.165) is 5.69 Å². The first kappa shape index (κ1) is 19.2. The van der Waals surface area contributed by atoms with Gasteiger partial charge in [0.1, 0.15) is 5.60 Å². The van der Waals surface area contributed by atoms with Crippen molar-refractivity contribution in [1.29, 1.82) is 0 Å². The maximum atomic E-state index is 12.5. The largest absolute Gasteiger partial charge is 0.444 e. The maximum absolute atomic E-state index is 12.5. The van der Waals surface area contributed by atoms with Crippen molar-refractivity contribution in [3.8, 4) is 0 Å². The minimum Gasteiger partial charge on any atom is -0.444 e. The van der Waals surface area contributed by atoms with Crippen LogP contribution in [0.4, 0.5) is 10.5 Å². The summed E-state index contributed by atoms with van der Waals surface area (Å²) in [5.41, 5.74) is 0.317. The first-order chi connectivity index (χ1) is 11.8. The lowest BCUT2D eigenvalue weighted by Gasteiger charge is -2.39. The van der Waals surface area contributed by atoms with Gasteiger partial charge in [0.2, 0.25) is 5.91 Å². The first-order valence-corrected chi connectivity index (χ1v) is 8.77. The molecule has 0 aliphatic carbocycles. The van der Waals surface area contributed by atoms with Crippen LogP contribution in [-0.2, 0) is 9.53 Å². The lowest BCUT2D eigenvalue weighted by Crippen LogP contribution is -2.50. The van der Waals surface area contributed by atoms with E-state index in [1.807, 2.05) is 51.1 Å². The molecule has 0 saturated carbocycles. The molecule has 1 aliphatic heterocycles. The number of hydrogen-bond acceptors (Lipinski definition) is 4. The van der Waals surface area contributed by atoms with Crippen LogP contribution in [0, 0.1) is 0 Å². The van der Waals surface area contributed by atoms with E-state index in [9.17, 15) is 9.59 Å². The molecule has 6 heteroatoms. The third kappa shape index (κ3) is 5.46. The number of aliphatic hydroxyl groups excluding tert-OH is 1. The van der Waals surface area contributed by atoms with E-state index in [0.29, 0.717) is 25.9 Å². The van der Waals surface area contributed by atoms with Crippen LogP contribution >= 0.6 is 0 Å². The molecule has 1 saturated heterocycles. The van der Waals surface area contributed by atoms with Crippen molar-refractivity contribution >= 4 is 17.7 Å². The second-order valence-electron chi connectivity index (χ2n) is 7.27. The van der Waals surface area contributed by atoms with Crippen molar-refractivity contribution in [3.05, 3.63) is 30.3 Å². The molecule has 0 radical (unpaired) electrons. The fourth-order valence-corrected chi connectivity index (χ4v) is 3.00. The van der Waals surface area contributed by atoms with E-state index < -0.39 is 5.60 Å². The molecule has 0 spiro atoms. The maximum Gasteiger partial charge on any atom is 0.410 e. The zero-order chi connectivity index (χ0) is 18.4. The molecular formula is C19H28N2O4. The van der Waals surface area contributed by atoms with Crippen LogP contribution in [0.3, 0.4) is 0 Å². The van der Waals surface area contributed by atoms with Gasteiger partial charge in [-0.05, 0) is 45.7 Å². The number of para-hydroxylation sites is 1. The predicted octanol–water partition coefficient (Wildman–Crippen LogP) is 2.80. The quantitative estimate of drug-likeness (QED) is 0.908. The Balaban J connectivity index is 2.04. The van der Waals surface area contributed by atoms with Gasteiger partial charge in [-0.15, -0.1) is 0 Å². The van der Waals surface area contributed by atoms with Crippen LogP contribution in [0.25, 0.3) is 0 Å². The summed E-state index contributed by atoms with van der Waals surface area (Å²) in [7, 11) is 0. The Morgan fingerprint density at radius 2 is 1.80 bits per heavy atom. The van der Waals surface area contributed by atoms with Gasteiger partial charge in [0.05, 0.1) is 13.0 Å². The summed E-state index contributed by atoms with van der Waals surface area (Å²) in [5, 5.41) is 9.14. The molecule has 1 aromatic rings. The molecule has 1 aliphatic rings. The van der Waals surface area contributed by atoms with E-state index in [2.05, 4.69) is 0 Å². The number of carbonyl (C=O) groups is 2. The number of nitrogens with zero attached hydrogens (tertiary/aromatic N) is 2. The highest BCUT2D eigenvalue weighted by Crippen LogP contribution is 2.25. The Morgan fingerprint density at radius 1 is 1.20 bits per heavy atom. The number of rotatable bonds is 4. The molecule has 0 aromatic heterocycles. The van der Waals surface area contributed by atoms with Crippen LogP contribution in [0.1, 0.15) is 40.0 Å². The summed E-state index contributed by atoms with van der Waals surface area (Å²) in [6.45, 7) is 6.48. The summed E-state index contributed by atoms with van der Waals surface area (Å²) in [6.07, 6.45) is 1.16. The highest BCUT2D eigenvalue weighted by Gasteiger charge is 2.32. The highest BCUT2D eigenvalue weighted by molar-refractivity contribution is 5.94. The normalized spacial score (nSPS) is 15.8. The number of benzene rings is 1. The molecule has 1 fully saturated rings. The SMILES string of the molecule is CC(C)(C)OC(=O)N1CCC(N(C(=O)CCO)c2ccccc2)CC1. The van der Waals surface area contributed by atoms with E-state index in [4.69, 9.17) is 9.84 Å². The summed E-state index contributed by atoms with van der Waals surface area (Å²) in [5.74, 6) is -0.0931. The van der Waals surface area contributed by atoms with Crippen LogP contribution in [0.15, 0.2) is 30.3 Å². The topological polar surface area (TPSA) is 70.1 Å². The standard InChI is InChI=1S/C19H28N2O4/c1-19(2,3)25-18(24)20-12-9-16(10-13-20)21(17(23)11-14-22)15-7-5-4-6-8-15/h4-8,16,22H,9-14H2,1-3H3. The third-order valence-electron chi connectivity index (χ3n) is 4.11. The van der Waals surface area contributed by atoms with Crippen LogP contribution in [0.2, 0.25) is 0 Å². The molecule has 2 rings (SSSR count). The van der Waals surface area contributed by atoms with Crippen molar-refractivity contribution in [2.24, 2.45) is 0 Å². The summed E-state index contributed by atoms with van der Waals surface area (Å²) in [4.78, 5) is 28.2. The predicted molar refractivity (Wildman–Crippen MR) is 96.5 cm³/mol. The average Bonchev–Trinajstić information content (AvgIpc) is 2.55. The second-order valence-corrected chi connectivity index (χ2v) is 7.27. The molecule has 0 unspecified atom stereocenters. The number of likely N-dealkylation sites (tertiary alicyclic amines) is 1. The average molecular weight is 348 g/mol. The van der Waals surface area contributed by atoms with Gasteiger partial charge in [-0.2, -0.15) is 0 Å². The molecule has 1 heterocycles. The molecule has 1 aromatic carbocycles. The fourth-order valence-electron chi connectivity index (χ4n) is 3.00. The van der Waals surface area contributed by atoms with Gasteiger partial charge in [0, 0.05) is 24.8 Å². The zero-order valence-electron chi connectivity index (χ0n) is 15.3. The fraction of sp³-hybridized carbons (Fsp3) is 0.579. The highest BCUT2D eigenvalue weighted by atomic mass is 16.6. The van der Waals surface area contributed by atoms with Crippen molar-refractivity contribution in [2.75, 3.05) is 24.6 Å². The van der Waals surface area contributed by atoms with Crippen LogP contribution in [-0.4, -0.2) is 53.3 Å². The van der Waals surface area contributed by atoms with E-state index >= 15 is 0 Å². The molecule has 6 nitrogen and oxygen atoms in total. The zero-order valence-corrected chi connectivity index (χ0v) is 15.3. The van der Waals surface area contributed by atoms with Gasteiger partial charge in [-0.1, -0.05) is 18.2 Å². The van der Waals surface area contributed by atoms with Crippen molar-refractivity contribution in [3.63, 3.8) is 0 Å². The van der Waals surface area contributed by atoms with Crippen molar-refractivity contribution in [1.82, 2.24) is 4.90 Å². The lowest BCUT2D eigenvalue weighted by molar-refractivity contribution is -0.119. The lowest BCUT2D eigenvalue weighted by atomic mass is 10.0. The number of hydrogen-bond donors (Lipinski definition) is 1. The summed E-state index contributed by atoms with van der Waals surface area (Å²) >= 11 is 0. The van der Waals surface area contributed by atoms with Crippen LogP contribution < -0.4 is 4.90 Å². The van der Waals surface area contributed by atoms with Gasteiger partial charge < -0.3 is 19.6 Å². The first-order valence-electron chi connectivity index (χ1n) is 8.77. The van der Waals surface area contributed by atoms with Crippen molar-refractivity contribution in [2.45, 2.75) is 51.7 Å². The number of anilines is 1. The molecule has 138 valence electrons. The number of aliphatic hydroxyl groups is 1.